The predicted molar refractivity (Wildman–Crippen MR) is 121 cm³/mol. The Morgan fingerprint density at radius 2 is 1.78 bits per heavy atom. The molecule has 2 rings (SSSR count). The zero-order valence-corrected chi connectivity index (χ0v) is 18.9. The van der Waals surface area contributed by atoms with Gasteiger partial charge < -0.3 is 19.7 Å². The van der Waals surface area contributed by atoms with Gasteiger partial charge in [0.2, 0.25) is 5.91 Å². The number of carbonyl (C=O) groups excluding carboxylic acids is 1. The summed E-state index contributed by atoms with van der Waals surface area (Å²) in [7, 11) is 7.62. The predicted octanol–water partition coefficient (Wildman–Crippen LogP) is 2.70. The second kappa shape index (κ2) is 11.6. The van der Waals surface area contributed by atoms with Crippen LogP contribution in [0.5, 0.6) is 0 Å². The molecule has 1 amide bonds. The van der Waals surface area contributed by atoms with Crippen LogP contribution in [0.15, 0.2) is 53.7 Å². The average molecular weight is 483 g/mol. The second-order valence-electron chi connectivity index (χ2n) is 6.43. The molecule has 2 aromatic rings. The molecule has 0 saturated carbocycles. The average Bonchev–Trinajstić information content (AvgIpc) is 3.04. The van der Waals surface area contributed by atoms with Gasteiger partial charge in [-0.1, -0.05) is 30.3 Å². The van der Waals surface area contributed by atoms with Crippen LogP contribution in [-0.4, -0.2) is 53.9 Å². The van der Waals surface area contributed by atoms with E-state index < -0.39 is 0 Å². The number of nitrogens with one attached hydrogen (secondary N) is 1. The van der Waals surface area contributed by atoms with Gasteiger partial charge in [-0.15, -0.1) is 24.0 Å². The lowest BCUT2D eigenvalue weighted by Crippen LogP contribution is -2.40. The summed E-state index contributed by atoms with van der Waals surface area (Å²) < 4.78 is 2.09. The standard InChI is InChI=1S/C20H29N5O.HI/c1-21-20(25(4)16-18-11-8-14-23(18)2)22-13-12-19(26)24(3)15-17-9-6-5-7-10-17;/h5-11,14H,12-13,15-16H2,1-4H3,(H,21,22);1H. The van der Waals surface area contributed by atoms with E-state index in [0.717, 1.165) is 18.1 Å². The van der Waals surface area contributed by atoms with E-state index in [1.54, 1.807) is 11.9 Å². The highest BCUT2D eigenvalue weighted by Crippen LogP contribution is 2.05. The minimum Gasteiger partial charge on any atom is -0.356 e. The lowest BCUT2D eigenvalue weighted by Gasteiger charge is -2.23. The van der Waals surface area contributed by atoms with Crippen LogP contribution >= 0.6 is 24.0 Å². The van der Waals surface area contributed by atoms with Gasteiger partial charge in [0.15, 0.2) is 5.96 Å². The molecule has 0 spiro atoms. The number of carbonyl (C=O) groups is 1. The summed E-state index contributed by atoms with van der Waals surface area (Å²) in [5, 5.41) is 3.27. The molecule has 1 N–H and O–H groups in total. The largest absolute Gasteiger partial charge is 0.356 e. The Labute approximate surface area is 179 Å². The number of benzene rings is 1. The van der Waals surface area contributed by atoms with E-state index in [1.807, 2.05) is 68.6 Å². The number of guanidine groups is 1. The molecule has 6 nitrogen and oxygen atoms in total. The van der Waals surface area contributed by atoms with E-state index in [2.05, 4.69) is 20.9 Å². The molecule has 1 aromatic heterocycles. The minimum absolute atomic E-state index is 0. The third kappa shape index (κ3) is 7.24. The second-order valence-corrected chi connectivity index (χ2v) is 6.43. The molecule has 0 saturated heterocycles. The fourth-order valence-electron chi connectivity index (χ4n) is 2.78. The van der Waals surface area contributed by atoms with E-state index in [1.165, 1.54) is 5.69 Å². The molecule has 1 aromatic carbocycles. The number of hydrogen-bond acceptors (Lipinski definition) is 2. The summed E-state index contributed by atoms with van der Waals surface area (Å²) in [4.78, 5) is 20.4. The third-order valence-electron chi connectivity index (χ3n) is 4.33. The number of nitrogens with zero attached hydrogens (tertiary/aromatic N) is 4. The first-order chi connectivity index (χ1) is 12.5. The van der Waals surface area contributed by atoms with E-state index in [0.29, 0.717) is 19.5 Å². The van der Waals surface area contributed by atoms with E-state index in [9.17, 15) is 4.79 Å². The van der Waals surface area contributed by atoms with Gasteiger partial charge in [-0.2, -0.15) is 0 Å². The lowest BCUT2D eigenvalue weighted by atomic mass is 10.2. The number of hydrogen-bond donors (Lipinski definition) is 1. The quantitative estimate of drug-likeness (QED) is 0.375. The van der Waals surface area contributed by atoms with Gasteiger partial charge in [0, 0.05) is 59.6 Å². The number of rotatable bonds is 7. The van der Waals surface area contributed by atoms with E-state index in [-0.39, 0.29) is 29.9 Å². The normalized spacial score (nSPS) is 10.9. The molecule has 1 heterocycles. The molecule has 0 bridgehead atoms. The van der Waals surface area contributed by atoms with Crippen LogP contribution in [0.2, 0.25) is 0 Å². The topological polar surface area (TPSA) is 52.9 Å². The van der Waals surface area contributed by atoms with Crippen molar-refractivity contribution >= 4 is 35.8 Å². The summed E-state index contributed by atoms with van der Waals surface area (Å²) in [5.41, 5.74) is 2.34. The van der Waals surface area contributed by atoms with Gasteiger partial charge >= 0.3 is 0 Å². The highest BCUT2D eigenvalue weighted by molar-refractivity contribution is 14.0. The van der Waals surface area contributed by atoms with Crippen LogP contribution < -0.4 is 5.32 Å². The zero-order valence-electron chi connectivity index (χ0n) is 16.6. The van der Waals surface area contributed by atoms with Crippen molar-refractivity contribution in [1.29, 1.82) is 0 Å². The lowest BCUT2D eigenvalue weighted by molar-refractivity contribution is -0.130. The van der Waals surface area contributed by atoms with Crippen molar-refractivity contribution < 1.29 is 4.79 Å². The molecule has 0 atom stereocenters. The molecule has 27 heavy (non-hydrogen) atoms. The Morgan fingerprint density at radius 1 is 1.07 bits per heavy atom. The first-order valence-electron chi connectivity index (χ1n) is 8.81. The van der Waals surface area contributed by atoms with Crippen molar-refractivity contribution in [3.63, 3.8) is 0 Å². The summed E-state index contributed by atoms with van der Waals surface area (Å²) in [6.07, 6.45) is 2.46. The zero-order chi connectivity index (χ0) is 18.9. The molecule has 0 aliphatic carbocycles. The molecular formula is C20H30IN5O. The van der Waals surface area contributed by atoms with Crippen LogP contribution in [0.4, 0.5) is 0 Å². The number of aromatic nitrogens is 1. The van der Waals surface area contributed by atoms with Crippen LogP contribution in [0.1, 0.15) is 17.7 Å². The van der Waals surface area contributed by atoms with Crippen molar-refractivity contribution in [1.82, 2.24) is 19.7 Å². The smallest absolute Gasteiger partial charge is 0.224 e. The number of amides is 1. The SMILES string of the molecule is CN=C(NCCC(=O)N(C)Cc1ccccc1)N(C)Cc1cccn1C.I. The van der Waals surface area contributed by atoms with Gasteiger partial charge in [-0.25, -0.2) is 0 Å². The van der Waals surface area contributed by atoms with Crippen LogP contribution in [0.3, 0.4) is 0 Å². The Hall–Kier alpha value is -2.03. The van der Waals surface area contributed by atoms with Gasteiger partial charge in [0.05, 0.1) is 6.54 Å². The molecule has 0 unspecified atom stereocenters. The van der Waals surface area contributed by atoms with Crippen LogP contribution in [-0.2, 0) is 24.9 Å². The van der Waals surface area contributed by atoms with Crippen LogP contribution in [0.25, 0.3) is 0 Å². The van der Waals surface area contributed by atoms with Gasteiger partial charge in [0.1, 0.15) is 0 Å². The van der Waals surface area contributed by atoms with Crippen molar-refractivity contribution in [2.45, 2.75) is 19.5 Å². The minimum atomic E-state index is 0. The Kier molecular flexibility index (Phi) is 9.92. The number of aliphatic imine (C=N–C) groups is 1. The fourth-order valence-corrected chi connectivity index (χ4v) is 2.78. The third-order valence-corrected chi connectivity index (χ3v) is 4.33. The molecule has 7 heteroatoms. The Morgan fingerprint density at radius 3 is 2.37 bits per heavy atom. The highest BCUT2D eigenvalue weighted by Gasteiger charge is 2.11. The Bertz CT molecular complexity index is 729. The monoisotopic (exact) mass is 483 g/mol. The van der Waals surface area contributed by atoms with Crippen molar-refractivity contribution in [3.8, 4) is 0 Å². The molecule has 0 fully saturated rings. The highest BCUT2D eigenvalue weighted by atomic mass is 127. The van der Waals surface area contributed by atoms with E-state index >= 15 is 0 Å². The maximum atomic E-state index is 12.3. The number of aryl methyl sites for hydroxylation is 1. The van der Waals surface area contributed by atoms with Crippen molar-refractivity contribution in [2.75, 3.05) is 27.7 Å². The van der Waals surface area contributed by atoms with Crippen LogP contribution in [0, 0.1) is 0 Å². The summed E-state index contributed by atoms with van der Waals surface area (Å²) >= 11 is 0. The molecule has 0 aliphatic heterocycles. The first-order valence-corrected chi connectivity index (χ1v) is 8.81. The van der Waals surface area contributed by atoms with E-state index in [4.69, 9.17) is 0 Å². The summed E-state index contributed by atoms with van der Waals surface area (Å²) in [6.45, 7) is 1.94. The maximum absolute atomic E-state index is 12.3. The maximum Gasteiger partial charge on any atom is 0.224 e. The summed E-state index contributed by atoms with van der Waals surface area (Å²) in [5.74, 6) is 0.895. The Balaban J connectivity index is 0.00000364. The molecule has 0 radical (unpaired) electrons. The first kappa shape index (κ1) is 23.0. The molecule has 0 aliphatic rings. The fraction of sp³-hybridized carbons (Fsp3) is 0.400. The van der Waals surface area contributed by atoms with Crippen molar-refractivity contribution in [3.05, 3.63) is 59.9 Å². The van der Waals surface area contributed by atoms with Gasteiger partial charge in [-0.3, -0.25) is 9.79 Å². The molecular weight excluding hydrogens is 453 g/mol. The van der Waals surface area contributed by atoms with Crippen molar-refractivity contribution in [2.24, 2.45) is 12.0 Å². The number of halogens is 1. The summed E-state index contributed by atoms with van der Waals surface area (Å²) in [6, 6.07) is 14.1. The van der Waals surface area contributed by atoms with Gasteiger partial charge in [0.25, 0.3) is 0 Å². The van der Waals surface area contributed by atoms with Gasteiger partial charge in [-0.05, 0) is 17.7 Å². The molecule has 148 valence electrons.